The molecular weight excluding hydrogens is 334 g/mol. The fourth-order valence-corrected chi connectivity index (χ4v) is 2.44. The van der Waals surface area contributed by atoms with Gasteiger partial charge >= 0.3 is 0 Å². The average molecular weight is 349 g/mol. The Hall–Kier alpha value is -3.68. The van der Waals surface area contributed by atoms with E-state index in [0.717, 1.165) is 5.56 Å². The fourth-order valence-electron chi connectivity index (χ4n) is 2.44. The van der Waals surface area contributed by atoms with Gasteiger partial charge < -0.3 is 20.1 Å². The number of hydrogen-bond acceptors (Lipinski definition) is 7. The number of aromatic nitrogens is 3. The zero-order valence-corrected chi connectivity index (χ0v) is 13.7. The van der Waals surface area contributed by atoms with Crippen molar-refractivity contribution in [1.29, 1.82) is 0 Å². The molecule has 0 saturated carbocycles. The maximum atomic E-state index is 12.4. The summed E-state index contributed by atoms with van der Waals surface area (Å²) in [5, 5.41) is 5.95. The second-order valence-electron chi connectivity index (χ2n) is 5.52. The van der Waals surface area contributed by atoms with Crippen molar-refractivity contribution in [2.24, 2.45) is 0 Å². The third-order valence-electron chi connectivity index (χ3n) is 3.75. The number of amides is 1. The molecule has 0 spiro atoms. The topological polar surface area (TPSA) is 98.3 Å². The minimum absolute atomic E-state index is 0.186. The zero-order valence-electron chi connectivity index (χ0n) is 13.7. The summed E-state index contributed by atoms with van der Waals surface area (Å²) in [6.45, 7) is 0.758. The van der Waals surface area contributed by atoms with Crippen LogP contribution in [0.1, 0.15) is 16.1 Å². The van der Waals surface area contributed by atoms with Crippen LogP contribution in [0.3, 0.4) is 0 Å². The zero-order chi connectivity index (χ0) is 17.8. The van der Waals surface area contributed by atoms with Crippen LogP contribution in [0.25, 0.3) is 0 Å². The molecule has 4 rings (SSSR count). The van der Waals surface area contributed by atoms with E-state index in [9.17, 15) is 4.79 Å². The van der Waals surface area contributed by atoms with Crippen LogP contribution in [0.15, 0.2) is 55.1 Å². The molecule has 1 aromatic carbocycles. The molecule has 1 aliphatic heterocycles. The first-order valence-corrected chi connectivity index (χ1v) is 7.94. The van der Waals surface area contributed by atoms with E-state index in [-0.39, 0.29) is 18.4 Å². The molecule has 3 aromatic rings. The van der Waals surface area contributed by atoms with Gasteiger partial charge in [0.2, 0.25) is 6.79 Å². The van der Waals surface area contributed by atoms with Gasteiger partial charge in [0.25, 0.3) is 5.91 Å². The van der Waals surface area contributed by atoms with Crippen molar-refractivity contribution in [3.05, 3.63) is 66.4 Å². The number of nitrogens with one attached hydrogen (secondary N) is 2. The van der Waals surface area contributed by atoms with E-state index in [1.807, 2.05) is 12.1 Å². The van der Waals surface area contributed by atoms with Crippen LogP contribution in [0.2, 0.25) is 0 Å². The summed E-state index contributed by atoms with van der Waals surface area (Å²) < 4.78 is 10.6. The van der Waals surface area contributed by atoms with Gasteiger partial charge in [-0.3, -0.25) is 9.78 Å². The fraction of sp³-hybridized carbons (Fsp3) is 0.111. The summed E-state index contributed by atoms with van der Waals surface area (Å²) in [6, 6.07) is 10.6. The number of carbonyl (C=O) groups excluding carboxylic acids is 1. The quantitative estimate of drug-likeness (QED) is 0.730. The molecule has 8 nitrogen and oxygen atoms in total. The number of hydrogen-bond donors (Lipinski definition) is 2. The number of benzene rings is 1. The largest absolute Gasteiger partial charge is 0.454 e. The van der Waals surface area contributed by atoms with Gasteiger partial charge in [0, 0.05) is 36.8 Å². The van der Waals surface area contributed by atoms with E-state index in [1.165, 1.54) is 6.33 Å². The Bertz CT molecular complexity index is 933. The first kappa shape index (κ1) is 15.8. The minimum atomic E-state index is -0.335. The Morgan fingerprint density at radius 1 is 1.04 bits per heavy atom. The number of carbonyl (C=O) groups is 1. The first-order chi connectivity index (χ1) is 12.8. The van der Waals surface area contributed by atoms with Gasteiger partial charge in [-0.1, -0.05) is 0 Å². The van der Waals surface area contributed by atoms with Gasteiger partial charge in [0.05, 0.1) is 0 Å². The number of fused-ring (bicyclic) bond motifs is 1. The van der Waals surface area contributed by atoms with Gasteiger partial charge in [-0.25, -0.2) is 9.97 Å². The number of rotatable bonds is 5. The highest BCUT2D eigenvalue weighted by molar-refractivity contribution is 6.03. The third kappa shape index (κ3) is 3.54. The molecular formula is C18H15N5O3. The van der Waals surface area contributed by atoms with Crippen molar-refractivity contribution in [2.45, 2.75) is 6.54 Å². The molecule has 2 aromatic heterocycles. The van der Waals surface area contributed by atoms with Crippen molar-refractivity contribution in [2.75, 3.05) is 17.4 Å². The maximum absolute atomic E-state index is 12.4. The van der Waals surface area contributed by atoms with E-state index in [4.69, 9.17) is 9.47 Å². The van der Waals surface area contributed by atoms with Crippen LogP contribution in [-0.4, -0.2) is 27.7 Å². The van der Waals surface area contributed by atoms with E-state index in [1.54, 1.807) is 36.7 Å². The lowest BCUT2D eigenvalue weighted by Crippen LogP contribution is -2.14. The highest BCUT2D eigenvalue weighted by Gasteiger charge is 2.15. The monoisotopic (exact) mass is 349 g/mol. The lowest BCUT2D eigenvalue weighted by atomic mass is 10.2. The molecule has 26 heavy (non-hydrogen) atoms. The number of ether oxygens (including phenoxy) is 2. The predicted molar refractivity (Wildman–Crippen MR) is 94.1 cm³/mol. The molecule has 1 amide bonds. The van der Waals surface area contributed by atoms with Crippen LogP contribution >= 0.6 is 0 Å². The van der Waals surface area contributed by atoms with Crippen LogP contribution in [0.4, 0.5) is 11.5 Å². The highest BCUT2D eigenvalue weighted by Crippen LogP contribution is 2.34. The smallest absolute Gasteiger partial charge is 0.274 e. The molecule has 130 valence electrons. The molecule has 3 heterocycles. The summed E-state index contributed by atoms with van der Waals surface area (Å²) in [5.74, 6) is 1.49. The molecule has 0 aliphatic carbocycles. The van der Waals surface area contributed by atoms with Crippen molar-refractivity contribution in [3.8, 4) is 11.5 Å². The Morgan fingerprint density at radius 2 is 1.88 bits per heavy atom. The Labute approximate surface area is 149 Å². The summed E-state index contributed by atoms with van der Waals surface area (Å²) in [6.07, 6.45) is 4.80. The predicted octanol–water partition coefficient (Wildman–Crippen LogP) is 2.46. The van der Waals surface area contributed by atoms with Gasteiger partial charge in [-0.05, 0) is 29.8 Å². The van der Waals surface area contributed by atoms with Crippen molar-refractivity contribution >= 4 is 17.4 Å². The molecule has 0 fully saturated rings. The van der Waals surface area contributed by atoms with Crippen LogP contribution < -0.4 is 20.1 Å². The molecule has 1 aliphatic rings. The molecule has 0 radical (unpaired) electrons. The minimum Gasteiger partial charge on any atom is -0.454 e. The van der Waals surface area contributed by atoms with Crippen LogP contribution in [0, 0.1) is 0 Å². The molecule has 0 saturated heterocycles. The SMILES string of the molecule is O=C(Nc1ccc2c(c1)OCO2)c1cc(NCc2ccncc2)ncn1. The van der Waals surface area contributed by atoms with Gasteiger partial charge in [0.1, 0.15) is 17.8 Å². The van der Waals surface area contributed by atoms with E-state index < -0.39 is 0 Å². The molecule has 2 N–H and O–H groups in total. The lowest BCUT2D eigenvalue weighted by molar-refractivity contribution is 0.102. The molecule has 0 atom stereocenters. The lowest BCUT2D eigenvalue weighted by Gasteiger charge is -2.08. The van der Waals surface area contributed by atoms with Gasteiger partial charge in [-0.15, -0.1) is 0 Å². The second-order valence-corrected chi connectivity index (χ2v) is 5.52. The molecule has 8 heteroatoms. The number of nitrogens with zero attached hydrogens (tertiary/aromatic N) is 3. The molecule has 0 bridgehead atoms. The first-order valence-electron chi connectivity index (χ1n) is 7.94. The normalized spacial score (nSPS) is 11.8. The van der Waals surface area contributed by atoms with E-state index >= 15 is 0 Å². The van der Waals surface area contributed by atoms with Gasteiger partial charge in [0.15, 0.2) is 11.5 Å². The standard InChI is InChI=1S/C18H15N5O3/c24-18(23-13-1-2-15-16(7-13)26-11-25-15)14-8-17(22-10-21-14)20-9-12-3-5-19-6-4-12/h1-8,10H,9,11H2,(H,23,24)(H,20,21,22). The summed E-state index contributed by atoms with van der Waals surface area (Å²) >= 11 is 0. The third-order valence-corrected chi connectivity index (χ3v) is 3.75. The van der Waals surface area contributed by atoms with Gasteiger partial charge in [-0.2, -0.15) is 0 Å². The van der Waals surface area contributed by atoms with Crippen LogP contribution in [-0.2, 0) is 6.54 Å². The van der Waals surface area contributed by atoms with Crippen molar-refractivity contribution in [1.82, 2.24) is 15.0 Å². The van der Waals surface area contributed by atoms with E-state index in [0.29, 0.717) is 29.5 Å². The van der Waals surface area contributed by atoms with E-state index in [2.05, 4.69) is 25.6 Å². The Morgan fingerprint density at radius 3 is 2.77 bits per heavy atom. The average Bonchev–Trinajstić information content (AvgIpc) is 3.15. The van der Waals surface area contributed by atoms with Crippen LogP contribution in [0.5, 0.6) is 11.5 Å². The summed E-state index contributed by atoms with van der Waals surface area (Å²) in [4.78, 5) is 24.6. The Kier molecular flexibility index (Phi) is 4.29. The maximum Gasteiger partial charge on any atom is 0.274 e. The summed E-state index contributed by atoms with van der Waals surface area (Å²) in [5.41, 5.74) is 1.92. The number of anilines is 2. The highest BCUT2D eigenvalue weighted by atomic mass is 16.7. The number of pyridine rings is 1. The van der Waals surface area contributed by atoms with Crippen molar-refractivity contribution < 1.29 is 14.3 Å². The molecule has 0 unspecified atom stereocenters. The Balaban J connectivity index is 1.43. The second kappa shape index (κ2) is 7.06. The van der Waals surface area contributed by atoms with Crippen molar-refractivity contribution in [3.63, 3.8) is 0 Å². The summed E-state index contributed by atoms with van der Waals surface area (Å²) in [7, 11) is 0.